The summed E-state index contributed by atoms with van der Waals surface area (Å²) in [7, 11) is 0. The van der Waals surface area contributed by atoms with Crippen molar-refractivity contribution in [3.8, 4) is 0 Å². The molecular weight excluding hydrogens is 160 g/mol. The van der Waals surface area contributed by atoms with Gasteiger partial charge in [-0.15, -0.1) is 6.58 Å². The topological polar surface area (TPSA) is 55.1 Å². The van der Waals surface area contributed by atoms with E-state index in [-0.39, 0.29) is 5.91 Å². The summed E-state index contributed by atoms with van der Waals surface area (Å²) in [5.74, 6) is -0.0438. The van der Waals surface area contributed by atoms with Crippen molar-refractivity contribution < 1.29 is 4.79 Å². The van der Waals surface area contributed by atoms with Crippen LogP contribution in [0.25, 0.3) is 0 Å². The highest BCUT2D eigenvalue weighted by molar-refractivity contribution is 7.80. The Labute approximate surface area is 71.6 Å². The molecule has 0 heterocycles. The van der Waals surface area contributed by atoms with Gasteiger partial charge in [-0.2, -0.15) is 0 Å². The molecule has 0 aromatic heterocycles. The summed E-state index contributed by atoms with van der Waals surface area (Å²) in [4.78, 5) is 11.2. The van der Waals surface area contributed by atoms with Crippen molar-refractivity contribution in [1.82, 2.24) is 5.32 Å². The maximum absolute atomic E-state index is 10.8. The molecule has 3 nitrogen and oxygen atoms in total. The normalized spacial score (nSPS) is 8.73. The van der Waals surface area contributed by atoms with Crippen LogP contribution >= 0.6 is 12.2 Å². The minimum atomic E-state index is -0.0438. The van der Waals surface area contributed by atoms with Crippen LogP contribution in [-0.2, 0) is 4.79 Å². The lowest BCUT2D eigenvalue weighted by molar-refractivity contribution is -0.120. The van der Waals surface area contributed by atoms with Crippen molar-refractivity contribution in [2.45, 2.75) is 12.8 Å². The molecule has 0 aliphatic heterocycles. The van der Waals surface area contributed by atoms with Gasteiger partial charge in [0.15, 0.2) is 0 Å². The zero-order valence-electron chi connectivity index (χ0n) is 6.30. The molecule has 0 aromatic carbocycles. The number of rotatable bonds is 5. The number of carbonyl (C=O) groups excluding carboxylic acids is 1. The number of carbonyl (C=O) groups is 1. The molecule has 11 heavy (non-hydrogen) atoms. The van der Waals surface area contributed by atoms with Crippen LogP contribution in [0.15, 0.2) is 12.7 Å². The molecule has 1 amide bonds. The van der Waals surface area contributed by atoms with Crippen LogP contribution in [0.4, 0.5) is 0 Å². The second-order valence-corrected chi connectivity index (χ2v) is 2.58. The van der Waals surface area contributed by atoms with Crippen LogP contribution in [-0.4, -0.2) is 17.4 Å². The zero-order chi connectivity index (χ0) is 8.69. The maximum atomic E-state index is 10.8. The van der Waals surface area contributed by atoms with Gasteiger partial charge >= 0.3 is 0 Å². The molecule has 0 aromatic rings. The minimum absolute atomic E-state index is 0.0438. The van der Waals surface area contributed by atoms with E-state index < -0.39 is 0 Å². The first-order valence-corrected chi connectivity index (χ1v) is 3.73. The first-order valence-electron chi connectivity index (χ1n) is 3.32. The lowest BCUT2D eigenvalue weighted by atomic mass is 10.3. The molecule has 0 bridgehead atoms. The average molecular weight is 172 g/mol. The van der Waals surface area contributed by atoms with Gasteiger partial charge in [0, 0.05) is 19.4 Å². The van der Waals surface area contributed by atoms with E-state index >= 15 is 0 Å². The molecule has 0 spiro atoms. The summed E-state index contributed by atoms with van der Waals surface area (Å²) in [6, 6.07) is 0. The maximum Gasteiger partial charge on any atom is 0.220 e. The Morgan fingerprint density at radius 3 is 2.73 bits per heavy atom. The average Bonchev–Trinajstić information content (AvgIpc) is 1.97. The molecule has 0 fully saturated rings. The molecule has 0 saturated heterocycles. The Morgan fingerprint density at radius 1 is 1.64 bits per heavy atom. The van der Waals surface area contributed by atoms with Crippen molar-refractivity contribution in [2.24, 2.45) is 5.73 Å². The fraction of sp³-hybridized carbons (Fsp3) is 0.429. The number of hydrogen-bond donors (Lipinski definition) is 2. The SMILES string of the molecule is C=CCNC(=O)CCC(N)=S. The molecule has 0 radical (unpaired) electrons. The Bertz CT molecular complexity index is 168. The van der Waals surface area contributed by atoms with Gasteiger partial charge in [0.05, 0.1) is 4.99 Å². The summed E-state index contributed by atoms with van der Waals surface area (Å²) < 4.78 is 0. The Hall–Kier alpha value is -0.900. The van der Waals surface area contributed by atoms with Crippen LogP contribution in [0, 0.1) is 0 Å². The van der Waals surface area contributed by atoms with E-state index in [0.717, 1.165) is 0 Å². The van der Waals surface area contributed by atoms with Gasteiger partial charge in [-0.25, -0.2) is 0 Å². The van der Waals surface area contributed by atoms with E-state index in [9.17, 15) is 4.79 Å². The standard InChI is InChI=1S/C7H12N2OS/c1-2-5-9-7(10)4-3-6(8)11/h2H,1,3-5H2,(H2,8,11)(H,9,10). The third-order valence-corrected chi connectivity index (χ3v) is 1.25. The fourth-order valence-electron chi connectivity index (χ4n) is 0.511. The summed E-state index contributed by atoms with van der Waals surface area (Å²) >= 11 is 4.60. The van der Waals surface area contributed by atoms with Crippen molar-refractivity contribution in [3.63, 3.8) is 0 Å². The van der Waals surface area contributed by atoms with E-state index in [0.29, 0.717) is 24.4 Å². The van der Waals surface area contributed by atoms with Crippen LogP contribution in [0.3, 0.4) is 0 Å². The van der Waals surface area contributed by atoms with Crippen LogP contribution < -0.4 is 11.1 Å². The van der Waals surface area contributed by atoms with Crippen molar-refractivity contribution in [3.05, 3.63) is 12.7 Å². The third kappa shape index (κ3) is 6.99. The molecule has 0 aliphatic carbocycles. The van der Waals surface area contributed by atoms with Gasteiger partial charge < -0.3 is 11.1 Å². The number of thiocarbonyl (C=S) groups is 1. The van der Waals surface area contributed by atoms with Crippen LogP contribution in [0.1, 0.15) is 12.8 Å². The molecule has 0 unspecified atom stereocenters. The van der Waals surface area contributed by atoms with Crippen LogP contribution in [0.2, 0.25) is 0 Å². The van der Waals surface area contributed by atoms with Gasteiger partial charge in [0.1, 0.15) is 0 Å². The lowest BCUT2D eigenvalue weighted by Gasteiger charge is -1.99. The fourth-order valence-corrected chi connectivity index (χ4v) is 0.613. The molecule has 4 heteroatoms. The quantitative estimate of drug-likeness (QED) is 0.465. The molecule has 62 valence electrons. The van der Waals surface area contributed by atoms with Crippen LogP contribution in [0.5, 0.6) is 0 Å². The Balaban J connectivity index is 3.37. The zero-order valence-corrected chi connectivity index (χ0v) is 7.12. The summed E-state index contributed by atoms with van der Waals surface area (Å²) in [5, 5.41) is 2.62. The van der Waals surface area contributed by atoms with E-state index in [1.807, 2.05) is 0 Å². The molecule has 0 aliphatic rings. The van der Waals surface area contributed by atoms with Crippen molar-refractivity contribution >= 4 is 23.1 Å². The van der Waals surface area contributed by atoms with Gasteiger partial charge in [-0.3, -0.25) is 4.79 Å². The van der Waals surface area contributed by atoms with Crippen molar-refractivity contribution in [1.29, 1.82) is 0 Å². The van der Waals surface area contributed by atoms with Crippen molar-refractivity contribution in [2.75, 3.05) is 6.54 Å². The minimum Gasteiger partial charge on any atom is -0.393 e. The number of nitrogens with two attached hydrogens (primary N) is 1. The van der Waals surface area contributed by atoms with Gasteiger partial charge in [0.25, 0.3) is 0 Å². The highest BCUT2D eigenvalue weighted by atomic mass is 32.1. The number of nitrogens with one attached hydrogen (secondary N) is 1. The third-order valence-electron chi connectivity index (χ3n) is 1.04. The van der Waals surface area contributed by atoms with E-state index in [4.69, 9.17) is 5.73 Å². The summed E-state index contributed by atoms with van der Waals surface area (Å²) in [6.07, 6.45) is 2.46. The molecule has 3 N–H and O–H groups in total. The first kappa shape index (κ1) is 10.1. The highest BCUT2D eigenvalue weighted by Crippen LogP contribution is 1.88. The predicted molar refractivity (Wildman–Crippen MR) is 49.2 cm³/mol. The lowest BCUT2D eigenvalue weighted by Crippen LogP contribution is -2.24. The second kappa shape index (κ2) is 5.85. The van der Waals surface area contributed by atoms with E-state index in [2.05, 4.69) is 24.1 Å². The molecule has 0 atom stereocenters. The van der Waals surface area contributed by atoms with E-state index in [1.165, 1.54) is 0 Å². The van der Waals surface area contributed by atoms with Gasteiger partial charge in [-0.1, -0.05) is 18.3 Å². The molecule has 0 rings (SSSR count). The summed E-state index contributed by atoms with van der Waals surface area (Å²) in [5.41, 5.74) is 5.20. The predicted octanol–water partition coefficient (Wildman–Crippen LogP) is 0.355. The smallest absolute Gasteiger partial charge is 0.220 e. The monoisotopic (exact) mass is 172 g/mol. The molecule has 0 saturated carbocycles. The Morgan fingerprint density at radius 2 is 2.27 bits per heavy atom. The number of amides is 1. The second-order valence-electron chi connectivity index (χ2n) is 2.06. The van der Waals surface area contributed by atoms with Gasteiger partial charge in [0.2, 0.25) is 5.91 Å². The number of hydrogen-bond acceptors (Lipinski definition) is 2. The Kier molecular flexibility index (Phi) is 5.37. The molecular formula is C7H12N2OS. The largest absolute Gasteiger partial charge is 0.393 e. The van der Waals surface area contributed by atoms with E-state index in [1.54, 1.807) is 6.08 Å². The first-order chi connectivity index (χ1) is 5.16. The summed E-state index contributed by atoms with van der Waals surface area (Å²) in [6.45, 7) is 3.96. The highest BCUT2D eigenvalue weighted by Gasteiger charge is 1.98. The van der Waals surface area contributed by atoms with Gasteiger partial charge in [-0.05, 0) is 0 Å².